The normalized spacial score (nSPS) is 10.8. The first-order valence-electron chi connectivity index (χ1n) is 5.24. The van der Waals surface area contributed by atoms with Crippen molar-refractivity contribution in [1.29, 1.82) is 0 Å². The minimum atomic E-state index is 0.678. The highest BCUT2D eigenvalue weighted by Gasteiger charge is 2.02. The number of allylic oxidation sites excluding steroid dienone is 1. The Balaban J connectivity index is 2.29. The summed E-state index contributed by atoms with van der Waals surface area (Å²) in [5.74, 6) is 0. The molecular formula is C14H14NO+. The molecular weight excluding hydrogens is 198 g/mol. The van der Waals surface area contributed by atoms with E-state index in [0.717, 1.165) is 6.26 Å². The number of hydrogen-bond donors (Lipinski definition) is 1. The highest BCUT2D eigenvalue weighted by Crippen LogP contribution is 2.15. The summed E-state index contributed by atoms with van der Waals surface area (Å²) in [6, 6.07) is 14.3. The van der Waals surface area contributed by atoms with Crippen LogP contribution in [0.15, 0.2) is 67.2 Å². The molecule has 0 unspecified atom stereocenters. The van der Waals surface area contributed by atoms with E-state index < -0.39 is 0 Å². The number of hydrogen-bond acceptors (Lipinski definition) is 1. The van der Waals surface area contributed by atoms with Gasteiger partial charge in [0.15, 0.2) is 18.9 Å². The second-order valence-electron chi connectivity index (χ2n) is 3.54. The Morgan fingerprint density at radius 1 is 1.00 bits per heavy atom. The summed E-state index contributed by atoms with van der Waals surface area (Å²) in [6.07, 6.45) is 6.82. The predicted molar refractivity (Wildman–Crippen MR) is 63.8 cm³/mol. The fourth-order valence-electron chi connectivity index (χ4n) is 1.61. The Morgan fingerprint density at radius 2 is 1.75 bits per heavy atom. The lowest BCUT2D eigenvalue weighted by atomic mass is 10.1. The van der Waals surface area contributed by atoms with Crippen LogP contribution in [0.5, 0.6) is 0 Å². The van der Waals surface area contributed by atoms with Gasteiger partial charge < -0.3 is 5.11 Å². The molecule has 2 aromatic rings. The summed E-state index contributed by atoms with van der Waals surface area (Å²) in [5.41, 5.74) is 2.37. The molecule has 0 spiro atoms. The van der Waals surface area contributed by atoms with Gasteiger partial charge >= 0.3 is 0 Å². The van der Waals surface area contributed by atoms with Crippen LogP contribution in [-0.4, -0.2) is 5.11 Å². The minimum Gasteiger partial charge on any atom is -0.516 e. The lowest BCUT2D eigenvalue weighted by Crippen LogP contribution is -2.31. The Labute approximate surface area is 95.1 Å². The number of aromatic nitrogens is 1. The maximum absolute atomic E-state index is 8.62. The summed E-state index contributed by atoms with van der Waals surface area (Å²) in [5, 5.41) is 8.62. The Hall–Kier alpha value is -2.09. The lowest BCUT2D eigenvalue weighted by molar-refractivity contribution is -0.686. The van der Waals surface area contributed by atoms with Gasteiger partial charge in [-0.2, -0.15) is 0 Å². The molecule has 0 aliphatic heterocycles. The molecule has 0 aliphatic carbocycles. The molecule has 1 aromatic carbocycles. The van der Waals surface area contributed by atoms with E-state index in [1.54, 1.807) is 6.08 Å². The average molecular weight is 212 g/mol. The number of rotatable bonds is 3. The highest BCUT2D eigenvalue weighted by atomic mass is 16.2. The van der Waals surface area contributed by atoms with Crippen LogP contribution in [0.2, 0.25) is 0 Å². The SMILES string of the molecule is OC=CC[n+]1cccc(-c2ccccc2)c1. The summed E-state index contributed by atoms with van der Waals surface area (Å²) in [6.45, 7) is 0.678. The second-order valence-corrected chi connectivity index (χ2v) is 3.54. The summed E-state index contributed by atoms with van der Waals surface area (Å²) >= 11 is 0. The molecule has 0 saturated heterocycles. The largest absolute Gasteiger partial charge is 0.516 e. The van der Waals surface area contributed by atoms with Gasteiger partial charge in [0.05, 0.1) is 6.26 Å². The van der Waals surface area contributed by atoms with Crippen molar-refractivity contribution in [2.45, 2.75) is 6.54 Å². The van der Waals surface area contributed by atoms with E-state index in [4.69, 9.17) is 5.11 Å². The molecule has 1 N–H and O–H groups in total. The molecule has 1 aromatic heterocycles. The summed E-state index contributed by atoms with van der Waals surface area (Å²) in [7, 11) is 0. The van der Waals surface area contributed by atoms with E-state index in [1.807, 2.05) is 35.0 Å². The molecule has 0 atom stereocenters. The van der Waals surface area contributed by atoms with Crippen LogP contribution in [0.4, 0.5) is 0 Å². The lowest BCUT2D eigenvalue weighted by Gasteiger charge is -1.99. The van der Waals surface area contributed by atoms with Crippen LogP contribution in [0.3, 0.4) is 0 Å². The standard InChI is InChI=1S/C14H13NO/c16-11-5-10-15-9-4-8-14(12-15)13-6-2-1-3-7-13/h1-9,11-12H,10H2/p+1. The third kappa shape index (κ3) is 2.48. The zero-order valence-electron chi connectivity index (χ0n) is 8.95. The van der Waals surface area contributed by atoms with Gasteiger partial charge in [0.2, 0.25) is 0 Å². The van der Waals surface area contributed by atoms with E-state index in [1.165, 1.54) is 11.1 Å². The Morgan fingerprint density at radius 3 is 2.50 bits per heavy atom. The van der Waals surface area contributed by atoms with Gasteiger partial charge in [-0.3, -0.25) is 0 Å². The molecule has 0 saturated carbocycles. The van der Waals surface area contributed by atoms with Crippen molar-refractivity contribution >= 4 is 0 Å². The number of aliphatic hydroxyl groups excluding tert-OH is 1. The zero-order chi connectivity index (χ0) is 11.2. The number of pyridine rings is 1. The number of aliphatic hydroxyl groups is 1. The molecule has 2 heteroatoms. The third-order valence-corrected chi connectivity index (χ3v) is 2.39. The van der Waals surface area contributed by atoms with Crippen molar-refractivity contribution in [2.24, 2.45) is 0 Å². The molecule has 0 fully saturated rings. The first-order valence-corrected chi connectivity index (χ1v) is 5.24. The topological polar surface area (TPSA) is 24.1 Å². The van der Waals surface area contributed by atoms with Crippen LogP contribution in [0, 0.1) is 0 Å². The van der Waals surface area contributed by atoms with Crippen LogP contribution in [0.25, 0.3) is 11.1 Å². The zero-order valence-corrected chi connectivity index (χ0v) is 8.95. The molecule has 0 radical (unpaired) electrons. The first-order chi connectivity index (χ1) is 7.90. The fourth-order valence-corrected chi connectivity index (χ4v) is 1.61. The van der Waals surface area contributed by atoms with Gasteiger partial charge in [-0.1, -0.05) is 30.3 Å². The van der Waals surface area contributed by atoms with Gasteiger partial charge in [-0.25, -0.2) is 4.57 Å². The average Bonchev–Trinajstić information content (AvgIpc) is 2.38. The maximum atomic E-state index is 8.62. The van der Waals surface area contributed by atoms with E-state index in [2.05, 4.69) is 24.4 Å². The van der Waals surface area contributed by atoms with Gasteiger partial charge in [0.1, 0.15) is 0 Å². The van der Waals surface area contributed by atoms with Crippen molar-refractivity contribution in [3.8, 4) is 11.1 Å². The van der Waals surface area contributed by atoms with Crippen molar-refractivity contribution in [3.05, 3.63) is 67.2 Å². The van der Waals surface area contributed by atoms with Crippen LogP contribution >= 0.6 is 0 Å². The van der Waals surface area contributed by atoms with Gasteiger partial charge in [-0.05, 0) is 11.6 Å². The molecule has 1 heterocycles. The molecule has 0 bridgehead atoms. The number of nitrogens with zero attached hydrogens (tertiary/aromatic N) is 1. The van der Waals surface area contributed by atoms with Crippen molar-refractivity contribution in [1.82, 2.24) is 0 Å². The second kappa shape index (κ2) is 5.12. The molecule has 0 amide bonds. The van der Waals surface area contributed by atoms with E-state index in [-0.39, 0.29) is 0 Å². The minimum absolute atomic E-state index is 0.678. The first kappa shape index (κ1) is 10.4. The van der Waals surface area contributed by atoms with Gasteiger partial charge in [-0.15, -0.1) is 0 Å². The van der Waals surface area contributed by atoms with Gasteiger partial charge in [0.25, 0.3) is 0 Å². The van der Waals surface area contributed by atoms with Crippen molar-refractivity contribution in [2.75, 3.05) is 0 Å². The van der Waals surface area contributed by atoms with E-state index in [9.17, 15) is 0 Å². The van der Waals surface area contributed by atoms with Crippen LogP contribution in [-0.2, 0) is 6.54 Å². The quantitative estimate of drug-likeness (QED) is 0.614. The fraction of sp³-hybridized carbons (Fsp3) is 0.0714. The molecule has 2 rings (SSSR count). The monoisotopic (exact) mass is 212 g/mol. The smallest absolute Gasteiger partial charge is 0.176 e. The molecule has 16 heavy (non-hydrogen) atoms. The Bertz CT molecular complexity index is 477. The highest BCUT2D eigenvalue weighted by molar-refractivity contribution is 5.61. The van der Waals surface area contributed by atoms with E-state index >= 15 is 0 Å². The van der Waals surface area contributed by atoms with Crippen LogP contribution < -0.4 is 4.57 Å². The summed E-state index contributed by atoms with van der Waals surface area (Å²) < 4.78 is 2.02. The van der Waals surface area contributed by atoms with Gasteiger partial charge in [0, 0.05) is 17.7 Å². The number of benzene rings is 1. The summed E-state index contributed by atoms with van der Waals surface area (Å²) in [4.78, 5) is 0. The molecule has 0 aliphatic rings. The van der Waals surface area contributed by atoms with Crippen LogP contribution in [0.1, 0.15) is 0 Å². The Kier molecular flexibility index (Phi) is 3.34. The van der Waals surface area contributed by atoms with E-state index in [0.29, 0.717) is 6.54 Å². The third-order valence-electron chi connectivity index (χ3n) is 2.39. The molecule has 2 nitrogen and oxygen atoms in total. The molecule has 80 valence electrons. The predicted octanol–water partition coefficient (Wildman–Crippen LogP) is 2.71. The van der Waals surface area contributed by atoms with Crippen molar-refractivity contribution in [3.63, 3.8) is 0 Å². The van der Waals surface area contributed by atoms with Crippen molar-refractivity contribution < 1.29 is 9.67 Å². The maximum Gasteiger partial charge on any atom is 0.176 e.